The Balaban J connectivity index is 1.66. The molecule has 0 amide bonds. The van der Waals surface area contributed by atoms with Crippen LogP contribution in [-0.4, -0.2) is 5.78 Å². The number of hydrogen-bond acceptors (Lipinski definition) is 1. The minimum atomic E-state index is 0.171. The predicted molar refractivity (Wildman–Crippen MR) is 123 cm³/mol. The van der Waals surface area contributed by atoms with Crippen LogP contribution in [0.1, 0.15) is 96.5 Å². The number of Topliss-reactive ketones (excluding diaryl/α,β-unsaturated/α-hetero) is 1. The fourth-order valence-corrected chi connectivity index (χ4v) is 4.24. The SMILES string of the molecule is CCCCCCCCCCCCCC(Cc1cccc2ccccc12)C(C)=O. The largest absolute Gasteiger partial charge is 0.300 e. The lowest BCUT2D eigenvalue weighted by Crippen LogP contribution is -2.14. The first-order chi connectivity index (χ1) is 13.7. The Bertz CT molecular complexity index is 682. The predicted octanol–water partition coefficient (Wildman–Crippen LogP) is 8.29. The van der Waals surface area contributed by atoms with Gasteiger partial charge in [-0.15, -0.1) is 0 Å². The maximum absolute atomic E-state index is 12.2. The topological polar surface area (TPSA) is 17.1 Å². The summed E-state index contributed by atoms with van der Waals surface area (Å²) in [6, 6.07) is 15.0. The Morgan fingerprint density at radius 3 is 1.96 bits per heavy atom. The number of unbranched alkanes of at least 4 members (excludes halogenated alkanes) is 10. The maximum Gasteiger partial charge on any atom is 0.133 e. The van der Waals surface area contributed by atoms with Gasteiger partial charge in [0.15, 0.2) is 0 Å². The zero-order chi connectivity index (χ0) is 20.0. The summed E-state index contributed by atoms with van der Waals surface area (Å²) in [5.41, 5.74) is 1.32. The van der Waals surface area contributed by atoms with E-state index in [4.69, 9.17) is 0 Å². The lowest BCUT2D eigenvalue weighted by molar-refractivity contribution is -0.120. The van der Waals surface area contributed by atoms with Crippen LogP contribution in [-0.2, 0) is 11.2 Å². The third-order valence-corrected chi connectivity index (χ3v) is 6.08. The van der Waals surface area contributed by atoms with Gasteiger partial charge < -0.3 is 0 Å². The second-order valence-electron chi connectivity index (χ2n) is 8.47. The van der Waals surface area contributed by atoms with Gasteiger partial charge in [0, 0.05) is 5.92 Å². The first-order valence-electron chi connectivity index (χ1n) is 11.7. The van der Waals surface area contributed by atoms with Gasteiger partial charge in [-0.3, -0.25) is 4.79 Å². The van der Waals surface area contributed by atoms with E-state index in [1.807, 2.05) is 0 Å². The van der Waals surface area contributed by atoms with Gasteiger partial charge in [-0.2, -0.15) is 0 Å². The van der Waals surface area contributed by atoms with E-state index in [0.717, 1.165) is 12.8 Å². The average molecular weight is 381 g/mol. The number of carbonyl (C=O) groups is 1. The summed E-state index contributed by atoms with van der Waals surface area (Å²) >= 11 is 0. The molecule has 154 valence electrons. The van der Waals surface area contributed by atoms with Crippen molar-refractivity contribution in [2.75, 3.05) is 0 Å². The third-order valence-electron chi connectivity index (χ3n) is 6.08. The fraction of sp³-hybridized carbons (Fsp3) is 0.593. The number of rotatable bonds is 15. The molecule has 0 fully saturated rings. The molecule has 28 heavy (non-hydrogen) atoms. The van der Waals surface area contributed by atoms with Crippen LogP contribution in [0.5, 0.6) is 0 Å². The molecule has 0 heterocycles. The van der Waals surface area contributed by atoms with Crippen LogP contribution >= 0.6 is 0 Å². The normalized spacial score (nSPS) is 12.4. The fourth-order valence-electron chi connectivity index (χ4n) is 4.24. The highest BCUT2D eigenvalue weighted by molar-refractivity contribution is 5.86. The number of hydrogen-bond donors (Lipinski definition) is 0. The van der Waals surface area contributed by atoms with Crippen LogP contribution in [0.2, 0.25) is 0 Å². The molecule has 2 rings (SSSR count). The summed E-state index contributed by atoms with van der Waals surface area (Å²) in [6.07, 6.45) is 16.8. The lowest BCUT2D eigenvalue weighted by Gasteiger charge is -2.15. The molecule has 1 nitrogen and oxygen atoms in total. The molecule has 1 unspecified atom stereocenters. The van der Waals surface area contributed by atoms with Gasteiger partial charge in [0.2, 0.25) is 0 Å². The summed E-state index contributed by atoms with van der Waals surface area (Å²) in [6.45, 7) is 4.05. The Morgan fingerprint density at radius 1 is 0.750 bits per heavy atom. The van der Waals surface area contributed by atoms with Crippen molar-refractivity contribution in [3.8, 4) is 0 Å². The Kier molecular flexibility index (Phi) is 10.9. The molecule has 0 aliphatic rings. The van der Waals surface area contributed by atoms with Crippen molar-refractivity contribution < 1.29 is 4.79 Å². The molecular formula is C27H40O. The van der Waals surface area contributed by atoms with Crippen LogP contribution in [0, 0.1) is 5.92 Å². The van der Waals surface area contributed by atoms with E-state index in [1.165, 1.54) is 87.0 Å². The molecule has 0 aliphatic carbocycles. The first-order valence-corrected chi connectivity index (χ1v) is 11.7. The molecule has 0 bridgehead atoms. The van der Waals surface area contributed by atoms with E-state index in [9.17, 15) is 4.79 Å². The number of benzene rings is 2. The standard InChI is InChI=1S/C27H40O/c1-3-4-5-6-7-8-9-10-11-12-13-18-25(23(2)28)22-26-20-16-19-24-17-14-15-21-27(24)26/h14-17,19-21,25H,3-13,18,22H2,1-2H3. The van der Waals surface area contributed by atoms with E-state index in [-0.39, 0.29) is 5.92 Å². The Morgan fingerprint density at radius 2 is 1.32 bits per heavy atom. The third kappa shape index (κ3) is 8.17. The summed E-state index contributed by atoms with van der Waals surface area (Å²) in [7, 11) is 0. The zero-order valence-corrected chi connectivity index (χ0v) is 18.2. The zero-order valence-electron chi connectivity index (χ0n) is 18.2. The van der Waals surface area contributed by atoms with Crippen molar-refractivity contribution in [1.82, 2.24) is 0 Å². The van der Waals surface area contributed by atoms with Crippen molar-refractivity contribution in [3.05, 3.63) is 48.0 Å². The van der Waals surface area contributed by atoms with Crippen molar-refractivity contribution in [2.45, 2.75) is 97.3 Å². The average Bonchev–Trinajstić information content (AvgIpc) is 2.71. The van der Waals surface area contributed by atoms with Crippen LogP contribution < -0.4 is 0 Å². The number of carbonyl (C=O) groups excluding carboxylic acids is 1. The molecule has 0 spiro atoms. The van der Waals surface area contributed by atoms with Crippen LogP contribution in [0.3, 0.4) is 0 Å². The summed E-state index contributed by atoms with van der Waals surface area (Å²) < 4.78 is 0. The first kappa shape index (κ1) is 22.7. The Hall–Kier alpha value is -1.63. The monoisotopic (exact) mass is 380 g/mol. The lowest BCUT2D eigenvalue weighted by atomic mass is 9.88. The van der Waals surface area contributed by atoms with E-state index < -0.39 is 0 Å². The van der Waals surface area contributed by atoms with Gasteiger partial charge in [0.25, 0.3) is 0 Å². The molecular weight excluding hydrogens is 340 g/mol. The van der Waals surface area contributed by atoms with Crippen LogP contribution in [0.25, 0.3) is 10.8 Å². The van der Waals surface area contributed by atoms with Gasteiger partial charge in [-0.1, -0.05) is 120 Å². The van der Waals surface area contributed by atoms with E-state index in [0.29, 0.717) is 5.78 Å². The quantitative estimate of drug-likeness (QED) is 0.284. The van der Waals surface area contributed by atoms with Gasteiger partial charge >= 0.3 is 0 Å². The molecule has 0 N–H and O–H groups in total. The Labute approximate surface area is 172 Å². The number of fused-ring (bicyclic) bond motifs is 1. The molecule has 0 aliphatic heterocycles. The molecule has 0 aromatic heterocycles. The van der Waals surface area contributed by atoms with Gasteiger partial charge in [-0.25, -0.2) is 0 Å². The molecule has 2 aromatic carbocycles. The van der Waals surface area contributed by atoms with E-state index in [1.54, 1.807) is 6.92 Å². The minimum Gasteiger partial charge on any atom is -0.300 e. The maximum atomic E-state index is 12.2. The van der Waals surface area contributed by atoms with Crippen molar-refractivity contribution >= 4 is 16.6 Å². The molecule has 1 heteroatoms. The van der Waals surface area contributed by atoms with Crippen molar-refractivity contribution in [2.24, 2.45) is 5.92 Å². The summed E-state index contributed by atoms with van der Waals surface area (Å²) in [5.74, 6) is 0.518. The van der Waals surface area contributed by atoms with Crippen molar-refractivity contribution in [1.29, 1.82) is 0 Å². The molecule has 1 atom stereocenters. The van der Waals surface area contributed by atoms with E-state index in [2.05, 4.69) is 49.4 Å². The smallest absolute Gasteiger partial charge is 0.133 e. The highest BCUT2D eigenvalue weighted by Gasteiger charge is 2.15. The van der Waals surface area contributed by atoms with Gasteiger partial charge in [0.05, 0.1) is 0 Å². The summed E-state index contributed by atoms with van der Waals surface area (Å²) in [4.78, 5) is 12.2. The highest BCUT2D eigenvalue weighted by Crippen LogP contribution is 2.24. The van der Waals surface area contributed by atoms with Gasteiger partial charge in [-0.05, 0) is 36.1 Å². The van der Waals surface area contributed by atoms with Gasteiger partial charge in [0.1, 0.15) is 5.78 Å². The molecule has 2 aromatic rings. The second kappa shape index (κ2) is 13.5. The van der Waals surface area contributed by atoms with Crippen LogP contribution in [0.4, 0.5) is 0 Å². The van der Waals surface area contributed by atoms with Crippen molar-refractivity contribution in [3.63, 3.8) is 0 Å². The molecule has 0 saturated heterocycles. The summed E-state index contributed by atoms with van der Waals surface area (Å²) in [5, 5.41) is 2.58. The van der Waals surface area contributed by atoms with Crippen LogP contribution in [0.15, 0.2) is 42.5 Å². The minimum absolute atomic E-state index is 0.171. The number of ketones is 1. The molecule has 0 radical (unpaired) electrons. The highest BCUT2D eigenvalue weighted by atomic mass is 16.1. The molecule has 0 saturated carbocycles. The van der Waals surface area contributed by atoms with E-state index >= 15 is 0 Å². The second-order valence-corrected chi connectivity index (χ2v) is 8.47.